The van der Waals surface area contributed by atoms with Gasteiger partial charge < -0.3 is 31.5 Å². The van der Waals surface area contributed by atoms with E-state index < -0.39 is 0 Å². The Bertz CT molecular complexity index is 185. The van der Waals surface area contributed by atoms with Gasteiger partial charge in [-0.1, -0.05) is 20.3 Å². The van der Waals surface area contributed by atoms with Gasteiger partial charge in [0.2, 0.25) is 0 Å². The number of likely N-dealkylation sites (N-methyl/N-ethyl adjacent to an activating group) is 2. The van der Waals surface area contributed by atoms with Gasteiger partial charge in [-0.2, -0.15) is 0 Å². The summed E-state index contributed by atoms with van der Waals surface area (Å²) in [6.45, 7) is 8.98. The molecule has 0 bridgehead atoms. The molecule has 130 valence electrons. The van der Waals surface area contributed by atoms with Gasteiger partial charge in [0.05, 0.1) is 12.2 Å². The summed E-state index contributed by atoms with van der Waals surface area (Å²) >= 11 is 0. The van der Waals surface area contributed by atoms with Crippen LogP contribution in [0.1, 0.15) is 33.1 Å². The number of aliphatic hydroxyl groups excluding tert-OH is 2. The lowest BCUT2D eigenvalue weighted by Gasteiger charge is -2.10. The van der Waals surface area contributed by atoms with E-state index in [1.54, 1.807) is 0 Å². The van der Waals surface area contributed by atoms with Crippen LogP contribution < -0.4 is 21.3 Å². The molecule has 0 aromatic carbocycles. The van der Waals surface area contributed by atoms with E-state index in [2.05, 4.69) is 35.1 Å². The van der Waals surface area contributed by atoms with Crippen molar-refractivity contribution in [2.45, 2.75) is 45.3 Å². The largest absolute Gasteiger partial charge is 0.390 e. The lowest BCUT2D eigenvalue weighted by molar-refractivity contribution is 0.171. The highest BCUT2D eigenvalue weighted by atomic mass is 16.3. The van der Waals surface area contributed by atoms with Crippen LogP contribution in [0.4, 0.5) is 0 Å². The predicted molar refractivity (Wildman–Crippen MR) is 90.8 cm³/mol. The van der Waals surface area contributed by atoms with Gasteiger partial charge in [0, 0.05) is 26.2 Å². The zero-order valence-corrected chi connectivity index (χ0v) is 14.4. The fourth-order valence-electron chi connectivity index (χ4n) is 1.63. The summed E-state index contributed by atoms with van der Waals surface area (Å²) in [4.78, 5) is 0. The lowest BCUT2D eigenvalue weighted by Crippen LogP contribution is -2.34. The van der Waals surface area contributed by atoms with Crippen LogP contribution in [-0.2, 0) is 0 Å². The second-order valence-corrected chi connectivity index (χ2v) is 5.18. The molecule has 0 aromatic rings. The molecule has 0 rings (SSSR count). The van der Waals surface area contributed by atoms with E-state index >= 15 is 0 Å². The first kappa shape index (κ1) is 23.0. The van der Waals surface area contributed by atoms with E-state index in [0.717, 1.165) is 19.5 Å². The third kappa shape index (κ3) is 22.2. The number of nitrogens with one attached hydrogen (secondary N) is 4. The van der Waals surface area contributed by atoms with E-state index in [4.69, 9.17) is 5.11 Å². The van der Waals surface area contributed by atoms with Crippen molar-refractivity contribution in [3.8, 4) is 0 Å². The smallest absolute Gasteiger partial charge is 0.0788 e. The van der Waals surface area contributed by atoms with E-state index in [0.29, 0.717) is 26.2 Å². The maximum atomic E-state index is 9.22. The molecule has 21 heavy (non-hydrogen) atoms. The molecule has 0 aromatic heterocycles. The zero-order valence-electron chi connectivity index (χ0n) is 14.4. The van der Waals surface area contributed by atoms with Gasteiger partial charge in [0.1, 0.15) is 0 Å². The zero-order chi connectivity index (χ0) is 16.3. The van der Waals surface area contributed by atoms with E-state index in [1.165, 1.54) is 12.8 Å². The fraction of sp³-hybridized carbons (Fsp3) is 1.00. The van der Waals surface area contributed by atoms with E-state index in [1.807, 2.05) is 14.1 Å². The van der Waals surface area contributed by atoms with Crippen LogP contribution >= 0.6 is 0 Å². The lowest BCUT2D eigenvalue weighted by atomic mass is 10.3. The van der Waals surface area contributed by atoms with Crippen LogP contribution in [0.2, 0.25) is 0 Å². The highest BCUT2D eigenvalue weighted by molar-refractivity contribution is 4.61. The highest BCUT2D eigenvalue weighted by Crippen LogP contribution is 1.83. The Morgan fingerprint density at radius 2 is 1.19 bits per heavy atom. The Morgan fingerprint density at radius 3 is 1.57 bits per heavy atom. The summed E-state index contributed by atoms with van der Waals surface area (Å²) in [5.74, 6) is 0. The Morgan fingerprint density at radius 1 is 0.714 bits per heavy atom. The van der Waals surface area contributed by atoms with Crippen molar-refractivity contribution >= 4 is 0 Å². The normalized spacial score (nSPS) is 13.4. The second kappa shape index (κ2) is 19.8. The summed E-state index contributed by atoms with van der Waals surface area (Å²) in [7, 11) is 3.68. The minimum atomic E-state index is -0.253. The molecule has 0 heterocycles. The molecule has 0 aliphatic carbocycles. The summed E-state index contributed by atoms with van der Waals surface area (Å²) in [5, 5.41) is 30.5. The molecular weight excluding hydrogens is 268 g/mol. The molecule has 0 radical (unpaired) electrons. The molecule has 0 aliphatic rings. The SMILES string of the molecule is CCCCNCC(O)CNC.CCCNCC(O)CNC. The predicted octanol–water partition coefficient (Wildman–Crippen LogP) is -0.477. The summed E-state index contributed by atoms with van der Waals surface area (Å²) in [6, 6.07) is 0. The van der Waals surface area contributed by atoms with E-state index in [-0.39, 0.29) is 12.2 Å². The standard InChI is InChI=1S/C8H20N2O.C7H18N2O/c1-3-4-5-10-7-8(11)6-9-2;1-3-4-9-6-7(10)5-8-2/h8-11H,3-7H2,1-2H3;7-10H,3-6H2,1-2H3. The molecule has 2 atom stereocenters. The molecular formula is C15H38N4O2. The second-order valence-electron chi connectivity index (χ2n) is 5.18. The first-order chi connectivity index (χ1) is 10.1. The fourth-order valence-corrected chi connectivity index (χ4v) is 1.63. The minimum absolute atomic E-state index is 0.253. The molecule has 0 amide bonds. The van der Waals surface area contributed by atoms with Gasteiger partial charge in [-0.15, -0.1) is 0 Å². The van der Waals surface area contributed by atoms with Crippen LogP contribution in [0.5, 0.6) is 0 Å². The summed E-state index contributed by atoms with van der Waals surface area (Å²) in [5.41, 5.74) is 0. The summed E-state index contributed by atoms with van der Waals surface area (Å²) in [6.07, 6.45) is 3.00. The topological polar surface area (TPSA) is 88.6 Å². The average Bonchev–Trinajstić information content (AvgIpc) is 2.45. The Labute approximate surface area is 131 Å². The third-order valence-corrected chi connectivity index (χ3v) is 2.77. The third-order valence-electron chi connectivity index (χ3n) is 2.77. The van der Waals surface area contributed by atoms with Crippen molar-refractivity contribution in [3.63, 3.8) is 0 Å². The first-order valence-electron chi connectivity index (χ1n) is 8.18. The highest BCUT2D eigenvalue weighted by Gasteiger charge is 1.99. The van der Waals surface area contributed by atoms with Crippen LogP contribution in [-0.4, -0.2) is 75.8 Å². The Balaban J connectivity index is 0. The molecule has 0 saturated carbocycles. The maximum absolute atomic E-state index is 9.22. The molecule has 6 N–H and O–H groups in total. The molecule has 6 nitrogen and oxygen atoms in total. The van der Waals surface area contributed by atoms with Gasteiger partial charge in [0.25, 0.3) is 0 Å². The number of rotatable bonds is 13. The van der Waals surface area contributed by atoms with Gasteiger partial charge in [-0.25, -0.2) is 0 Å². The molecule has 0 saturated heterocycles. The molecule has 2 unspecified atom stereocenters. The van der Waals surface area contributed by atoms with Gasteiger partial charge in [-0.05, 0) is 40.0 Å². The van der Waals surface area contributed by atoms with Crippen molar-refractivity contribution in [3.05, 3.63) is 0 Å². The Hall–Kier alpha value is -0.240. The Kier molecular flexibility index (Phi) is 21.7. The van der Waals surface area contributed by atoms with Crippen molar-refractivity contribution < 1.29 is 10.2 Å². The van der Waals surface area contributed by atoms with Crippen LogP contribution in [0.15, 0.2) is 0 Å². The summed E-state index contributed by atoms with van der Waals surface area (Å²) < 4.78 is 0. The number of unbranched alkanes of at least 4 members (excludes halogenated alkanes) is 1. The van der Waals surface area contributed by atoms with Gasteiger partial charge >= 0.3 is 0 Å². The molecule has 0 spiro atoms. The van der Waals surface area contributed by atoms with Crippen molar-refractivity contribution in [2.75, 3.05) is 53.4 Å². The number of hydrogen-bond donors (Lipinski definition) is 6. The van der Waals surface area contributed by atoms with Crippen LogP contribution in [0.3, 0.4) is 0 Å². The van der Waals surface area contributed by atoms with Crippen LogP contribution in [0, 0.1) is 0 Å². The van der Waals surface area contributed by atoms with Crippen molar-refractivity contribution in [1.82, 2.24) is 21.3 Å². The molecule has 0 fully saturated rings. The average molecular weight is 306 g/mol. The monoisotopic (exact) mass is 306 g/mol. The van der Waals surface area contributed by atoms with Gasteiger partial charge in [0.15, 0.2) is 0 Å². The molecule has 0 aliphatic heterocycles. The van der Waals surface area contributed by atoms with Crippen molar-refractivity contribution in [1.29, 1.82) is 0 Å². The number of hydrogen-bond acceptors (Lipinski definition) is 6. The van der Waals surface area contributed by atoms with Crippen LogP contribution in [0.25, 0.3) is 0 Å². The maximum Gasteiger partial charge on any atom is 0.0788 e. The minimum Gasteiger partial charge on any atom is -0.390 e. The number of aliphatic hydroxyl groups is 2. The quantitative estimate of drug-likeness (QED) is 0.258. The first-order valence-corrected chi connectivity index (χ1v) is 8.18. The van der Waals surface area contributed by atoms with E-state index in [9.17, 15) is 5.11 Å². The van der Waals surface area contributed by atoms with Crippen molar-refractivity contribution in [2.24, 2.45) is 0 Å². The van der Waals surface area contributed by atoms with Gasteiger partial charge in [-0.3, -0.25) is 0 Å². The molecule has 6 heteroatoms.